The number of aliphatic hydroxyl groups excluding tert-OH is 1. The third-order valence-corrected chi connectivity index (χ3v) is 6.52. The summed E-state index contributed by atoms with van der Waals surface area (Å²) in [5.41, 5.74) is 2.62. The van der Waals surface area contributed by atoms with Crippen molar-refractivity contribution in [3.63, 3.8) is 0 Å². The summed E-state index contributed by atoms with van der Waals surface area (Å²) in [6.07, 6.45) is 1.29. The number of anilines is 1. The number of fused-ring (bicyclic) bond motifs is 2. The van der Waals surface area contributed by atoms with Crippen LogP contribution in [-0.4, -0.2) is 38.5 Å². The highest BCUT2D eigenvalue weighted by molar-refractivity contribution is 8.00. The first-order chi connectivity index (χ1) is 14.5. The normalized spacial score (nSPS) is 16.6. The lowest BCUT2D eigenvalue weighted by Gasteiger charge is -2.26. The zero-order valence-corrected chi connectivity index (χ0v) is 17.9. The number of rotatable bonds is 6. The largest absolute Gasteiger partial charge is 0.396 e. The molecule has 0 spiro atoms. The van der Waals surface area contributed by atoms with Crippen molar-refractivity contribution in [2.24, 2.45) is 0 Å². The van der Waals surface area contributed by atoms with E-state index in [4.69, 9.17) is 0 Å². The van der Waals surface area contributed by atoms with E-state index in [0.717, 1.165) is 12.1 Å². The van der Waals surface area contributed by atoms with Crippen molar-refractivity contribution >= 4 is 34.3 Å². The Balaban J connectivity index is 1.66. The second-order valence-corrected chi connectivity index (χ2v) is 8.90. The van der Waals surface area contributed by atoms with Gasteiger partial charge in [0.2, 0.25) is 5.91 Å². The molecule has 4 rings (SSSR count). The summed E-state index contributed by atoms with van der Waals surface area (Å²) in [4.78, 5) is 32.9. The van der Waals surface area contributed by atoms with Gasteiger partial charge in [-0.05, 0) is 50.5 Å². The molecule has 0 saturated heterocycles. The first-order valence-corrected chi connectivity index (χ1v) is 11.1. The lowest BCUT2D eigenvalue weighted by molar-refractivity contribution is -0.118. The monoisotopic (exact) mass is 423 g/mol. The minimum atomic E-state index is -0.410. The van der Waals surface area contributed by atoms with Crippen molar-refractivity contribution < 1.29 is 9.90 Å². The van der Waals surface area contributed by atoms with Gasteiger partial charge in [0.25, 0.3) is 5.56 Å². The fourth-order valence-electron chi connectivity index (χ4n) is 3.97. The maximum Gasteiger partial charge on any atom is 0.262 e. The van der Waals surface area contributed by atoms with Crippen LogP contribution < -0.4 is 10.5 Å². The van der Waals surface area contributed by atoms with Crippen LogP contribution in [0.25, 0.3) is 10.9 Å². The van der Waals surface area contributed by atoms with Crippen LogP contribution in [0.1, 0.15) is 25.8 Å². The van der Waals surface area contributed by atoms with Crippen LogP contribution in [-0.2, 0) is 17.8 Å². The van der Waals surface area contributed by atoms with E-state index in [-0.39, 0.29) is 24.1 Å². The molecule has 156 valence electrons. The number of nitrogens with zero attached hydrogens (tertiary/aromatic N) is 3. The first-order valence-electron chi connectivity index (χ1n) is 10.2. The van der Waals surface area contributed by atoms with E-state index in [1.54, 1.807) is 10.6 Å². The molecule has 1 aromatic heterocycles. The molecule has 0 bridgehead atoms. The predicted molar refractivity (Wildman–Crippen MR) is 120 cm³/mol. The Bertz CT molecular complexity index is 1140. The summed E-state index contributed by atoms with van der Waals surface area (Å²) in [6, 6.07) is 15.3. The topological polar surface area (TPSA) is 75.4 Å². The minimum Gasteiger partial charge on any atom is -0.396 e. The molecule has 0 unspecified atom stereocenters. The fraction of sp³-hybridized carbons (Fsp3) is 0.348. The summed E-state index contributed by atoms with van der Waals surface area (Å²) in [6.45, 7) is 4.26. The van der Waals surface area contributed by atoms with Crippen molar-refractivity contribution in [2.75, 3.05) is 11.5 Å². The van der Waals surface area contributed by atoms with E-state index in [9.17, 15) is 14.7 Å². The van der Waals surface area contributed by atoms with Crippen LogP contribution in [0.2, 0.25) is 0 Å². The third-order valence-electron chi connectivity index (χ3n) is 5.44. The molecule has 2 heterocycles. The number of hydrogen-bond acceptors (Lipinski definition) is 5. The first kappa shape index (κ1) is 20.6. The van der Waals surface area contributed by atoms with Crippen molar-refractivity contribution in [1.82, 2.24) is 9.55 Å². The molecule has 0 saturated carbocycles. The van der Waals surface area contributed by atoms with Gasteiger partial charge in [-0.1, -0.05) is 42.1 Å². The van der Waals surface area contributed by atoms with Crippen molar-refractivity contribution in [3.8, 4) is 0 Å². The van der Waals surface area contributed by atoms with Gasteiger partial charge in [-0.3, -0.25) is 14.2 Å². The van der Waals surface area contributed by atoms with Gasteiger partial charge < -0.3 is 10.0 Å². The average molecular weight is 424 g/mol. The molecule has 0 fully saturated rings. The number of carbonyl (C=O) groups is 1. The van der Waals surface area contributed by atoms with E-state index in [2.05, 4.69) is 18.0 Å². The number of amides is 1. The Morgan fingerprint density at radius 2 is 1.97 bits per heavy atom. The van der Waals surface area contributed by atoms with Gasteiger partial charge in [0, 0.05) is 24.9 Å². The lowest BCUT2D eigenvalue weighted by Crippen LogP contribution is -2.40. The molecule has 3 aromatic rings. The molecule has 2 atom stereocenters. The summed E-state index contributed by atoms with van der Waals surface area (Å²) in [5, 5.41) is 9.89. The van der Waals surface area contributed by atoms with Gasteiger partial charge in [0.1, 0.15) is 0 Å². The maximum absolute atomic E-state index is 13.3. The summed E-state index contributed by atoms with van der Waals surface area (Å²) < 4.78 is 1.58. The van der Waals surface area contributed by atoms with E-state index in [1.807, 2.05) is 48.2 Å². The molecule has 6 nitrogen and oxygen atoms in total. The Labute approximate surface area is 179 Å². The number of aliphatic hydroxyl groups is 1. The minimum absolute atomic E-state index is 0.00793. The number of thioether (sulfide) groups is 1. The average Bonchev–Trinajstić information content (AvgIpc) is 3.08. The molecule has 1 amide bonds. The molecule has 2 aromatic carbocycles. The van der Waals surface area contributed by atoms with E-state index >= 15 is 0 Å². The number of para-hydroxylation sites is 2. The smallest absolute Gasteiger partial charge is 0.262 e. The summed E-state index contributed by atoms with van der Waals surface area (Å²) >= 11 is 1.30. The maximum atomic E-state index is 13.3. The van der Waals surface area contributed by atoms with E-state index in [1.165, 1.54) is 17.3 Å². The molecular formula is C23H25N3O3S. The van der Waals surface area contributed by atoms with Crippen molar-refractivity contribution in [1.29, 1.82) is 0 Å². The van der Waals surface area contributed by atoms with Crippen LogP contribution in [0.15, 0.2) is 58.5 Å². The predicted octanol–water partition coefficient (Wildman–Crippen LogP) is 3.24. The quantitative estimate of drug-likeness (QED) is 0.487. The third kappa shape index (κ3) is 3.75. The molecule has 1 N–H and O–H groups in total. The van der Waals surface area contributed by atoms with Crippen LogP contribution in [0.5, 0.6) is 0 Å². The van der Waals surface area contributed by atoms with Gasteiger partial charge in [0.15, 0.2) is 5.16 Å². The molecule has 1 aliphatic heterocycles. The highest BCUT2D eigenvalue weighted by Gasteiger charge is 2.34. The Morgan fingerprint density at radius 3 is 2.77 bits per heavy atom. The van der Waals surface area contributed by atoms with E-state index < -0.39 is 5.25 Å². The fourth-order valence-corrected chi connectivity index (χ4v) is 4.95. The second-order valence-electron chi connectivity index (χ2n) is 7.60. The van der Waals surface area contributed by atoms with Gasteiger partial charge in [-0.2, -0.15) is 0 Å². The van der Waals surface area contributed by atoms with Crippen LogP contribution in [0.3, 0.4) is 0 Å². The zero-order valence-electron chi connectivity index (χ0n) is 17.1. The van der Waals surface area contributed by atoms with E-state index in [0.29, 0.717) is 29.0 Å². The Morgan fingerprint density at radius 1 is 1.23 bits per heavy atom. The van der Waals surface area contributed by atoms with Gasteiger partial charge in [0.05, 0.1) is 16.2 Å². The molecule has 0 radical (unpaired) electrons. The molecule has 30 heavy (non-hydrogen) atoms. The number of benzene rings is 2. The van der Waals surface area contributed by atoms with Gasteiger partial charge in [-0.25, -0.2) is 4.98 Å². The van der Waals surface area contributed by atoms with Gasteiger partial charge >= 0.3 is 0 Å². The summed E-state index contributed by atoms with van der Waals surface area (Å²) in [5.74, 6) is 0.00793. The van der Waals surface area contributed by atoms with Crippen LogP contribution in [0.4, 0.5) is 5.69 Å². The van der Waals surface area contributed by atoms with Crippen LogP contribution in [0, 0.1) is 0 Å². The van der Waals surface area contributed by atoms with Gasteiger partial charge in [-0.15, -0.1) is 0 Å². The Hall–Kier alpha value is -2.64. The molecular weight excluding hydrogens is 398 g/mol. The molecule has 0 aliphatic carbocycles. The number of aromatic nitrogens is 2. The van der Waals surface area contributed by atoms with Crippen molar-refractivity contribution in [2.45, 2.75) is 49.7 Å². The second kappa shape index (κ2) is 8.62. The SMILES string of the molecule is C[C@@H]1Cc2ccccc2N1C(=O)[C@@H](C)Sc1nc2ccccc2c(=O)n1CCCO. The number of carbonyl (C=O) groups excluding carboxylic acids is 1. The highest BCUT2D eigenvalue weighted by Crippen LogP contribution is 2.34. The van der Waals surface area contributed by atoms with Crippen LogP contribution >= 0.6 is 11.8 Å². The summed E-state index contributed by atoms with van der Waals surface area (Å²) in [7, 11) is 0. The highest BCUT2D eigenvalue weighted by atomic mass is 32.2. The standard InChI is InChI=1S/C23H25N3O3S/c1-15-14-17-8-3-6-11-20(17)26(15)21(28)16(2)30-23-24-19-10-5-4-9-18(19)22(29)25(23)12-7-13-27/h3-6,8-11,15-16,27H,7,12-14H2,1-2H3/t15-,16-/m1/s1. The zero-order chi connectivity index (χ0) is 21.3. The van der Waals surface area contributed by atoms with Crippen molar-refractivity contribution in [3.05, 3.63) is 64.4 Å². The number of hydrogen-bond donors (Lipinski definition) is 1. The Kier molecular flexibility index (Phi) is 5.92. The molecule has 7 heteroatoms. The lowest BCUT2D eigenvalue weighted by atomic mass is 10.1. The molecule has 1 aliphatic rings.